The predicted molar refractivity (Wildman–Crippen MR) is 58.5 cm³/mol. The maximum absolute atomic E-state index is 6.05. The molecular formula is C10H15ClN2O. The molecule has 0 spiro atoms. The van der Waals surface area contributed by atoms with E-state index >= 15 is 0 Å². The molecule has 0 aliphatic rings. The highest BCUT2D eigenvalue weighted by Gasteiger charge is 2.06. The molecule has 0 atom stereocenters. The van der Waals surface area contributed by atoms with Gasteiger partial charge in [0.05, 0.1) is 7.11 Å². The molecule has 0 aromatic heterocycles. The molecule has 0 saturated carbocycles. The molecule has 0 heterocycles. The highest BCUT2D eigenvalue weighted by Crippen LogP contribution is 2.25. The van der Waals surface area contributed by atoms with Crippen molar-refractivity contribution in [3.05, 3.63) is 28.8 Å². The molecule has 1 N–H and O–H groups in total. The Labute approximate surface area is 89.6 Å². The number of nitrogens with one attached hydrogen (secondary N) is 1. The second kappa shape index (κ2) is 5.20. The Morgan fingerprint density at radius 2 is 2.14 bits per heavy atom. The van der Waals surface area contributed by atoms with Crippen LogP contribution in [-0.2, 0) is 6.54 Å². The van der Waals surface area contributed by atoms with Crippen molar-refractivity contribution in [2.45, 2.75) is 6.54 Å². The number of hydrogen-bond donors (Lipinski definition) is 1. The summed E-state index contributed by atoms with van der Waals surface area (Å²) in [6, 6.07) is 5.63. The molecular weight excluding hydrogens is 200 g/mol. The Morgan fingerprint density at radius 3 is 2.71 bits per heavy atom. The van der Waals surface area contributed by atoms with Crippen molar-refractivity contribution in [3.63, 3.8) is 0 Å². The predicted octanol–water partition coefficient (Wildman–Crippen LogP) is 1.91. The molecule has 0 fully saturated rings. The van der Waals surface area contributed by atoms with Crippen LogP contribution in [0.15, 0.2) is 18.2 Å². The van der Waals surface area contributed by atoms with Gasteiger partial charge in [-0.05, 0) is 12.1 Å². The molecule has 14 heavy (non-hydrogen) atoms. The Kier molecular flexibility index (Phi) is 4.20. The van der Waals surface area contributed by atoms with Gasteiger partial charge < -0.3 is 4.74 Å². The molecule has 78 valence electrons. The van der Waals surface area contributed by atoms with Gasteiger partial charge in [0.1, 0.15) is 5.75 Å². The molecule has 0 aliphatic heterocycles. The van der Waals surface area contributed by atoms with Gasteiger partial charge in [0.2, 0.25) is 0 Å². The molecule has 0 aliphatic carbocycles. The standard InChI is InChI=1S/C10H15ClN2O/c1-13(2)12-7-8-9(11)5-4-6-10(8)14-3/h4-6,12H,7H2,1-3H3. The normalized spacial score (nSPS) is 10.6. The summed E-state index contributed by atoms with van der Waals surface area (Å²) < 4.78 is 5.22. The minimum Gasteiger partial charge on any atom is -0.496 e. The third kappa shape index (κ3) is 2.87. The summed E-state index contributed by atoms with van der Waals surface area (Å²) in [6.07, 6.45) is 0. The maximum atomic E-state index is 6.05. The number of methoxy groups -OCH3 is 1. The molecule has 1 aromatic rings. The van der Waals surface area contributed by atoms with Crippen molar-refractivity contribution in [2.24, 2.45) is 0 Å². The zero-order chi connectivity index (χ0) is 10.6. The summed E-state index contributed by atoms with van der Waals surface area (Å²) in [5, 5.41) is 2.60. The van der Waals surface area contributed by atoms with Crippen LogP contribution in [-0.4, -0.2) is 26.2 Å². The first kappa shape index (κ1) is 11.3. The number of rotatable bonds is 4. The van der Waals surface area contributed by atoms with Gasteiger partial charge in [0.25, 0.3) is 0 Å². The van der Waals surface area contributed by atoms with Gasteiger partial charge >= 0.3 is 0 Å². The fraction of sp³-hybridized carbons (Fsp3) is 0.400. The van der Waals surface area contributed by atoms with Crippen LogP contribution in [0.3, 0.4) is 0 Å². The summed E-state index contributed by atoms with van der Waals surface area (Å²) in [4.78, 5) is 0. The topological polar surface area (TPSA) is 24.5 Å². The van der Waals surface area contributed by atoms with E-state index in [0.717, 1.165) is 16.3 Å². The molecule has 0 radical (unpaired) electrons. The average Bonchev–Trinajstić information content (AvgIpc) is 2.15. The minimum atomic E-state index is 0.663. The summed E-state index contributed by atoms with van der Waals surface area (Å²) >= 11 is 6.05. The zero-order valence-corrected chi connectivity index (χ0v) is 9.43. The van der Waals surface area contributed by atoms with Crippen molar-refractivity contribution in [3.8, 4) is 5.75 Å². The number of hydrogen-bond acceptors (Lipinski definition) is 3. The first-order valence-corrected chi connectivity index (χ1v) is 4.75. The Morgan fingerprint density at radius 1 is 1.43 bits per heavy atom. The molecule has 0 bridgehead atoms. The van der Waals surface area contributed by atoms with E-state index in [4.69, 9.17) is 16.3 Å². The maximum Gasteiger partial charge on any atom is 0.124 e. The lowest BCUT2D eigenvalue weighted by Gasteiger charge is -2.15. The molecule has 1 rings (SSSR count). The highest BCUT2D eigenvalue weighted by molar-refractivity contribution is 6.31. The van der Waals surface area contributed by atoms with E-state index in [9.17, 15) is 0 Å². The summed E-state index contributed by atoms with van der Waals surface area (Å²) in [7, 11) is 5.51. The number of benzene rings is 1. The van der Waals surface area contributed by atoms with E-state index in [2.05, 4.69) is 5.43 Å². The average molecular weight is 215 g/mol. The quantitative estimate of drug-likeness (QED) is 0.776. The van der Waals surface area contributed by atoms with Crippen LogP contribution in [0, 0.1) is 0 Å². The van der Waals surface area contributed by atoms with Crippen LogP contribution in [0.5, 0.6) is 5.75 Å². The highest BCUT2D eigenvalue weighted by atomic mass is 35.5. The van der Waals surface area contributed by atoms with Gasteiger partial charge in [-0.3, -0.25) is 10.4 Å². The van der Waals surface area contributed by atoms with E-state index in [0.29, 0.717) is 6.54 Å². The first-order valence-electron chi connectivity index (χ1n) is 4.37. The van der Waals surface area contributed by atoms with Crippen molar-refractivity contribution < 1.29 is 4.74 Å². The van der Waals surface area contributed by atoms with Crippen molar-refractivity contribution >= 4 is 11.6 Å². The summed E-state index contributed by atoms with van der Waals surface area (Å²) in [5.41, 5.74) is 4.12. The van der Waals surface area contributed by atoms with Crippen LogP contribution < -0.4 is 10.2 Å². The van der Waals surface area contributed by atoms with E-state index in [1.54, 1.807) is 7.11 Å². The van der Waals surface area contributed by atoms with Crippen LogP contribution in [0.4, 0.5) is 0 Å². The third-order valence-corrected chi connectivity index (χ3v) is 2.22. The van der Waals surface area contributed by atoms with E-state index < -0.39 is 0 Å². The molecule has 0 amide bonds. The lowest BCUT2D eigenvalue weighted by molar-refractivity contribution is 0.283. The van der Waals surface area contributed by atoms with Gasteiger partial charge in [-0.15, -0.1) is 0 Å². The molecule has 0 unspecified atom stereocenters. The Balaban J connectivity index is 2.82. The Hall–Kier alpha value is -0.770. The van der Waals surface area contributed by atoms with Crippen molar-refractivity contribution in [1.29, 1.82) is 0 Å². The van der Waals surface area contributed by atoms with Crippen LogP contribution in [0.2, 0.25) is 5.02 Å². The number of nitrogens with zero attached hydrogens (tertiary/aromatic N) is 1. The lowest BCUT2D eigenvalue weighted by atomic mass is 10.2. The molecule has 1 aromatic carbocycles. The molecule has 4 heteroatoms. The van der Waals surface area contributed by atoms with E-state index in [1.165, 1.54) is 0 Å². The Bertz CT molecular complexity index is 302. The monoisotopic (exact) mass is 214 g/mol. The molecule has 3 nitrogen and oxygen atoms in total. The largest absolute Gasteiger partial charge is 0.496 e. The minimum absolute atomic E-state index is 0.663. The van der Waals surface area contributed by atoms with Gasteiger partial charge in [-0.25, -0.2) is 0 Å². The van der Waals surface area contributed by atoms with Gasteiger partial charge in [-0.1, -0.05) is 17.7 Å². The van der Waals surface area contributed by atoms with E-state index in [-0.39, 0.29) is 0 Å². The van der Waals surface area contributed by atoms with Crippen molar-refractivity contribution in [2.75, 3.05) is 21.2 Å². The summed E-state index contributed by atoms with van der Waals surface area (Å²) in [5.74, 6) is 0.812. The van der Waals surface area contributed by atoms with Crippen LogP contribution >= 0.6 is 11.6 Å². The van der Waals surface area contributed by atoms with Crippen molar-refractivity contribution in [1.82, 2.24) is 10.4 Å². The van der Waals surface area contributed by atoms with Gasteiger partial charge in [0, 0.05) is 31.2 Å². The smallest absolute Gasteiger partial charge is 0.124 e. The van der Waals surface area contributed by atoms with E-state index in [1.807, 2.05) is 37.3 Å². The summed E-state index contributed by atoms with van der Waals surface area (Å²) in [6.45, 7) is 0.663. The van der Waals surface area contributed by atoms with Gasteiger partial charge in [0.15, 0.2) is 0 Å². The van der Waals surface area contributed by atoms with Gasteiger partial charge in [-0.2, -0.15) is 0 Å². The zero-order valence-electron chi connectivity index (χ0n) is 8.67. The number of halogens is 1. The first-order chi connectivity index (χ1) is 6.65. The number of ether oxygens (including phenoxy) is 1. The number of hydrazine groups is 1. The van der Waals surface area contributed by atoms with Crippen LogP contribution in [0.25, 0.3) is 0 Å². The SMILES string of the molecule is COc1cccc(Cl)c1CNN(C)C. The second-order valence-corrected chi connectivity index (χ2v) is 3.56. The molecule has 0 saturated heterocycles. The fourth-order valence-corrected chi connectivity index (χ4v) is 1.37. The lowest BCUT2D eigenvalue weighted by Crippen LogP contribution is -2.29. The third-order valence-electron chi connectivity index (χ3n) is 1.87. The van der Waals surface area contributed by atoms with Crippen LogP contribution in [0.1, 0.15) is 5.56 Å². The fourth-order valence-electron chi connectivity index (χ4n) is 1.14. The second-order valence-electron chi connectivity index (χ2n) is 3.15.